The van der Waals surface area contributed by atoms with Crippen molar-refractivity contribution in [3.8, 4) is 11.8 Å². The average Bonchev–Trinajstić information content (AvgIpc) is 2.27. The average molecular weight is 217 g/mol. The number of anilines is 1. The normalized spacial score (nSPS) is 23.1. The Morgan fingerprint density at radius 1 is 1.50 bits per heavy atom. The summed E-state index contributed by atoms with van der Waals surface area (Å²) in [5.41, 5.74) is 7.19. The van der Waals surface area contributed by atoms with Crippen molar-refractivity contribution >= 4 is 5.69 Å². The van der Waals surface area contributed by atoms with Gasteiger partial charge in [-0.05, 0) is 25.0 Å². The van der Waals surface area contributed by atoms with E-state index in [-0.39, 0.29) is 0 Å². The zero-order valence-corrected chi connectivity index (χ0v) is 9.23. The summed E-state index contributed by atoms with van der Waals surface area (Å²) >= 11 is 0. The Bertz CT molecular complexity index is 419. The number of nitriles is 1. The van der Waals surface area contributed by atoms with Gasteiger partial charge >= 0.3 is 0 Å². The molecule has 4 nitrogen and oxygen atoms in total. The van der Waals surface area contributed by atoms with Gasteiger partial charge in [0.15, 0.2) is 0 Å². The van der Waals surface area contributed by atoms with E-state index in [1.807, 2.05) is 6.07 Å². The number of nitrogens with zero attached hydrogens (tertiary/aromatic N) is 1. The van der Waals surface area contributed by atoms with Gasteiger partial charge in [-0.2, -0.15) is 5.26 Å². The minimum Gasteiger partial charge on any atom is -0.497 e. The van der Waals surface area contributed by atoms with Gasteiger partial charge in [0.25, 0.3) is 0 Å². The van der Waals surface area contributed by atoms with Crippen LogP contribution in [0.25, 0.3) is 0 Å². The Balaban J connectivity index is 2.14. The Morgan fingerprint density at radius 3 is 2.81 bits per heavy atom. The monoisotopic (exact) mass is 217 g/mol. The molecule has 0 saturated heterocycles. The van der Waals surface area contributed by atoms with Crippen LogP contribution in [0.5, 0.6) is 5.75 Å². The summed E-state index contributed by atoms with van der Waals surface area (Å²) in [4.78, 5) is 0. The predicted molar refractivity (Wildman–Crippen MR) is 62.3 cm³/mol. The molecule has 0 heterocycles. The highest BCUT2D eigenvalue weighted by atomic mass is 16.5. The van der Waals surface area contributed by atoms with Gasteiger partial charge in [0.05, 0.1) is 18.4 Å². The van der Waals surface area contributed by atoms with Crippen molar-refractivity contribution in [2.24, 2.45) is 5.73 Å². The molecular weight excluding hydrogens is 202 g/mol. The SMILES string of the molecule is COc1ccc(C#N)c(NC2CC(N)C2)c1. The van der Waals surface area contributed by atoms with Crippen LogP contribution in [0.4, 0.5) is 5.69 Å². The summed E-state index contributed by atoms with van der Waals surface area (Å²) in [5, 5.41) is 12.3. The quantitative estimate of drug-likeness (QED) is 0.804. The molecule has 1 aliphatic carbocycles. The van der Waals surface area contributed by atoms with Crippen molar-refractivity contribution in [1.29, 1.82) is 5.26 Å². The second kappa shape index (κ2) is 4.42. The first-order valence-corrected chi connectivity index (χ1v) is 5.33. The molecule has 0 amide bonds. The number of nitrogens with two attached hydrogens (primary N) is 1. The highest BCUT2D eigenvalue weighted by Gasteiger charge is 2.26. The third-order valence-corrected chi connectivity index (χ3v) is 2.88. The van der Waals surface area contributed by atoms with Gasteiger partial charge in [0, 0.05) is 18.2 Å². The van der Waals surface area contributed by atoms with E-state index in [4.69, 9.17) is 15.7 Å². The zero-order valence-electron chi connectivity index (χ0n) is 9.23. The first-order valence-electron chi connectivity index (χ1n) is 5.33. The number of hydrogen-bond acceptors (Lipinski definition) is 4. The van der Waals surface area contributed by atoms with E-state index in [1.54, 1.807) is 19.2 Å². The van der Waals surface area contributed by atoms with Crippen molar-refractivity contribution in [3.63, 3.8) is 0 Å². The second-order valence-electron chi connectivity index (χ2n) is 4.10. The lowest BCUT2D eigenvalue weighted by Crippen LogP contribution is -2.44. The van der Waals surface area contributed by atoms with E-state index >= 15 is 0 Å². The molecule has 16 heavy (non-hydrogen) atoms. The molecule has 0 spiro atoms. The molecule has 2 rings (SSSR count). The molecular formula is C12H15N3O. The molecule has 1 aromatic rings. The molecule has 1 saturated carbocycles. The van der Waals surface area contributed by atoms with Crippen LogP contribution in [-0.4, -0.2) is 19.2 Å². The Labute approximate surface area is 95.0 Å². The van der Waals surface area contributed by atoms with Crippen LogP contribution < -0.4 is 15.8 Å². The van der Waals surface area contributed by atoms with Crippen LogP contribution in [0, 0.1) is 11.3 Å². The summed E-state index contributed by atoms with van der Waals surface area (Å²) in [5.74, 6) is 0.755. The topological polar surface area (TPSA) is 71.1 Å². The van der Waals surface area contributed by atoms with Crippen molar-refractivity contribution in [2.75, 3.05) is 12.4 Å². The number of rotatable bonds is 3. The molecule has 0 atom stereocenters. The minimum atomic E-state index is 0.300. The highest BCUT2D eigenvalue weighted by molar-refractivity contribution is 5.61. The van der Waals surface area contributed by atoms with E-state index in [9.17, 15) is 0 Å². The Kier molecular flexibility index (Phi) is 2.97. The second-order valence-corrected chi connectivity index (χ2v) is 4.10. The van der Waals surface area contributed by atoms with E-state index in [0.717, 1.165) is 24.3 Å². The van der Waals surface area contributed by atoms with Gasteiger partial charge in [0.1, 0.15) is 11.8 Å². The van der Waals surface area contributed by atoms with Crippen LogP contribution in [0.3, 0.4) is 0 Å². The van der Waals surface area contributed by atoms with Gasteiger partial charge < -0.3 is 15.8 Å². The first-order chi connectivity index (χ1) is 7.72. The number of nitrogens with one attached hydrogen (secondary N) is 1. The smallest absolute Gasteiger partial charge is 0.121 e. The summed E-state index contributed by atoms with van der Waals surface area (Å²) in [6.45, 7) is 0. The van der Waals surface area contributed by atoms with E-state index in [1.165, 1.54) is 0 Å². The van der Waals surface area contributed by atoms with Gasteiger partial charge in [-0.3, -0.25) is 0 Å². The van der Waals surface area contributed by atoms with Gasteiger partial charge in [-0.1, -0.05) is 0 Å². The summed E-state index contributed by atoms with van der Waals surface area (Å²) in [7, 11) is 1.62. The molecule has 0 radical (unpaired) electrons. The fourth-order valence-corrected chi connectivity index (χ4v) is 1.87. The lowest BCUT2D eigenvalue weighted by molar-refractivity contribution is 0.373. The molecule has 0 aromatic heterocycles. The van der Waals surface area contributed by atoms with Crippen molar-refractivity contribution in [2.45, 2.75) is 24.9 Å². The highest BCUT2D eigenvalue weighted by Crippen LogP contribution is 2.27. The fourth-order valence-electron chi connectivity index (χ4n) is 1.87. The van der Waals surface area contributed by atoms with Gasteiger partial charge in [-0.25, -0.2) is 0 Å². The largest absolute Gasteiger partial charge is 0.497 e. The standard InChI is InChI=1S/C12H15N3O/c1-16-11-3-2-8(7-13)12(6-11)15-10-4-9(14)5-10/h2-3,6,9-10,15H,4-5,14H2,1H3. The summed E-state index contributed by atoms with van der Waals surface area (Å²) < 4.78 is 5.13. The van der Waals surface area contributed by atoms with Gasteiger partial charge in [0.2, 0.25) is 0 Å². The van der Waals surface area contributed by atoms with Crippen LogP contribution in [-0.2, 0) is 0 Å². The van der Waals surface area contributed by atoms with Crippen molar-refractivity contribution < 1.29 is 4.74 Å². The minimum absolute atomic E-state index is 0.300. The van der Waals surface area contributed by atoms with E-state index in [2.05, 4.69) is 11.4 Å². The lowest BCUT2D eigenvalue weighted by atomic mass is 9.87. The lowest BCUT2D eigenvalue weighted by Gasteiger charge is -2.34. The van der Waals surface area contributed by atoms with E-state index in [0.29, 0.717) is 17.6 Å². The number of ether oxygens (including phenoxy) is 1. The van der Waals surface area contributed by atoms with Crippen LogP contribution in [0.2, 0.25) is 0 Å². The van der Waals surface area contributed by atoms with Crippen LogP contribution >= 0.6 is 0 Å². The zero-order chi connectivity index (χ0) is 11.5. The maximum absolute atomic E-state index is 8.98. The van der Waals surface area contributed by atoms with E-state index < -0.39 is 0 Å². The predicted octanol–water partition coefficient (Wildman–Crippen LogP) is 1.47. The van der Waals surface area contributed by atoms with Crippen molar-refractivity contribution in [3.05, 3.63) is 23.8 Å². The van der Waals surface area contributed by atoms with Gasteiger partial charge in [-0.15, -0.1) is 0 Å². The molecule has 0 unspecified atom stereocenters. The Hall–Kier alpha value is -1.73. The third kappa shape index (κ3) is 2.10. The maximum atomic E-state index is 8.98. The number of hydrogen-bond donors (Lipinski definition) is 2. The molecule has 1 aromatic carbocycles. The number of benzene rings is 1. The molecule has 84 valence electrons. The maximum Gasteiger partial charge on any atom is 0.121 e. The molecule has 1 fully saturated rings. The molecule has 0 bridgehead atoms. The summed E-state index contributed by atoms with van der Waals surface area (Å²) in [6.07, 6.45) is 1.92. The number of methoxy groups -OCH3 is 1. The molecule has 1 aliphatic rings. The fraction of sp³-hybridized carbons (Fsp3) is 0.417. The third-order valence-electron chi connectivity index (χ3n) is 2.88. The molecule has 4 heteroatoms. The van der Waals surface area contributed by atoms with Crippen LogP contribution in [0.1, 0.15) is 18.4 Å². The summed E-state index contributed by atoms with van der Waals surface area (Å²) in [6, 6.07) is 8.25. The van der Waals surface area contributed by atoms with Crippen LogP contribution in [0.15, 0.2) is 18.2 Å². The van der Waals surface area contributed by atoms with Crippen molar-refractivity contribution in [1.82, 2.24) is 0 Å². The molecule has 3 N–H and O–H groups in total. The Morgan fingerprint density at radius 2 is 2.25 bits per heavy atom. The molecule has 0 aliphatic heterocycles. The first kappa shape index (κ1) is 10.8.